The second-order valence-electron chi connectivity index (χ2n) is 4.97. The Kier molecular flexibility index (Phi) is 6.56. The van der Waals surface area contributed by atoms with E-state index in [9.17, 15) is 9.59 Å². The van der Waals surface area contributed by atoms with Crippen LogP contribution in [0.1, 0.15) is 25.8 Å². The van der Waals surface area contributed by atoms with E-state index in [1.165, 1.54) is 0 Å². The number of methoxy groups -OCH3 is 1. The molecule has 0 saturated carbocycles. The van der Waals surface area contributed by atoms with Gasteiger partial charge in [0.25, 0.3) is 0 Å². The lowest BCUT2D eigenvalue weighted by molar-refractivity contribution is -0.139. The van der Waals surface area contributed by atoms with Gasteiger partial charge in [0.05, 0.1) is 7.11 Å². The summed E-state index contributed by atoms with van der Waals surface area (Å²) in [7, 11) is 1.58. The zero-order valence-electron chi connectivity index (χ0n) is 12.2. The monoisotopic (exact) mass is 278 g/mol. The summed E-state index contributed by atoms with van der Waals surface area (Å²) in [5.41, 5.74) is 0.882. The number of rotatable bonds is 6. The smallest absolute Gasteiger partial charge is 0.309 e. The van der Waals surface area contributed by atoms with E-state index in [0.717, 1.165) is 17.7 Å². The van der Waals surface area contributed by atoms with E-state index in [2.05, 4.69) is 24.5 Å². The number of nitrogens with one attached hydrogen (secondary N) is 2. The topological polar surface area (TPSA) is 67.4 Å². The number of carbonyl (C=O) groups excluding carboxylic acids is 2. The van der Waals surface area contributed by atoms with Crippen LogP contribution in [-0.2, 0) is 16.1 Å². The molecule has 0 spiro atoms. The first-order chi connectivity index (χ1) is 9.52. The van der Waals surface area contributed by atoms with Crippen molar-refractivity contribution in [3.05, 3.63) is 29.8 Å². The van der Waals surface area contributed by atoms with Gasteiger partial charge in [0.1, 0.15) is 5.75 Å². The van der Waals surface area contributed by atoms with E-state index < -0.39 is 11.8 Å². The normalized spacial score (nSPS) is 10.2. The highest BCUT2D eigenvalue weighted by molar-refractivity contribution is 6.35. The molecule has 0 aliphatic rings. The van der Waals surface area contributed by atoms with Crippen molar-refractivity contribution < 1.29 is 14.3 Å². The van der Waals surface area contributed by atoms with E-state index in [1.54, 1.807) is 7.11 Å². The molecule has 2 amide bonds. The van der Waals surface area contributed by atoms with Crippen molar-refractivity contribution in [2.75, 3.05) is 13.7 Å². The van der Waals surface area contributed by atoms with Gasteiger partial charge in [-0.05, 0) is 30.0 Å². The third kappa shape index (κ3) is 5.73. The molecule has 1 aromatic rings. The Hall–Kier alpha value is -2.04. The van der Waals surface area contributed by atoms with Crippen LogP contribution in [0, 0.1) is 5.92 Å². The van der Waals surface area contributed by atoms with Crippen LogP contribution in [0.2, 0.25) is 0 Å². The molecule has 0 saturated heterocycles. The van der Waals surface area contributed by atoms with Crippen molar-refractivity contribution in [1.82, 2.24) is 10.6 Å². The zero-order chi connectivity index (χ0) is 15.0. The molecule has 0 bridgehead atoms. The SMILES string of the molecule is COc1cccc(CNC(=O)C(=O)NCCC(C)C)c1. The third-order valence-corrected chi connectivity index (χ3v) is 2.80. The van der Waals surface area contributed by atoms with Crippen molar-refractivity contribution in [2.24, 2.45) is 5.92 Å². The standard InChI is InChI=1S/C15H22N2O3/c1-11(2)7-8-16-14(18)15(19)17-10-12-5-4-6-13(9-12)20-3/h4-6,9,11H,7-8,10H2,1-3H3,(H,16,18)(H,17,19). The maximum Gasteiger partial charge on any atom is 0.309 e. The summed E-state index contributed by atoms with van der Waals surface area (Å²) in [6, 6.07) is 7.34. The van der Waals surface area contributed by atoms with Crippen LogP contribution >= 0.6 is 0 Å². The second kappa shape index (κ2) is 8.19. The molecule has 1 aromatic carbocycles. The summed E-state index contributed by atoms with van der Waals surface area (Å²) in [5.74, 6) is 0.0124. The molecule has 0 radical (unpaired) electrons. The summed E-state index contributed by atoms with van der Waals surface area (Å²) in [6.07, 6.45) is 0.856. The first-order valence-corrected chi connectivity index (χ1v) is 6.72. The molecular formula is C15H22N2O3. The van der Waals surface area contributed by atoms with Crippen LogP contribution in [0.15, 0.2) is 24.3 Å². The van der Waals surface area contributed by atoms with Crippen molar-refractivity contribution in [3.8, 4) is 5.75 Å². The summed E-state index contributed by atoms with van der Waals surface area (Å²) in [5, 5.41) is 5.18. The molecule has 0 aliphatic heterocycles. The second-order valence-corrected chi connectivity index (χ2v) is 4.97. The number of amides is 2. The Bertz CT molecular complexity index is 458. The number of benzene rings is 1. The molecule has 0 aliphatic carbocycles. The predicted molar refractivity (Wildman–Crippen MR) is 77.3 cm³/mol. The molecule has 2 N–H and O–H groups in total. The fourth-order valence-electron chi connectivity index (χ4n) is 1.60. The van der Waals surface area contributed by atoms with Crippen LogP contribution in [-0.4, -0.2) is 25.5 Å². The highest BCUT2D eigenvalue weighted by Crippen LogP contribution is 2.11. The molecule has 110 valence electrons. The number of ether oxygens (including phenoxy) is 1. The molecule has 0 atom stereocenters. The Balaban J connectivity index is 2.36. The minimum absolute atomic E-state index is 0.299. The van der Waals surface area contributed by atoms with Gasteiger partial charge in [0, 0.05) is 13.1 Å². The first-order valence-electron chi connectivity index (χ1n) is 6.72. The summed E-state index contributed by atoms with van der Waals surface area (Å²) in [6.45, 7) is 4.95. The highest BCUT2D eigenvalue weighted by Gasteiger charge is 2.12. The van der Waals surface area contributed by atoms with Crippen LogP contribution in [0.25, 0.3) is 0 Å². The fraction of sp³-hybridized carbons (Fsp3) is 0.467. The largest absolute Gasteiger partial charge is 0.497 e. The van der Waals surface area contributed by atoms with Crippen LogP contribution in [0.3, 0.4) is 0 Å². The fourth-order valence-corrected chi connectivity index (χ4v) is 1.60. The van der Waals surface area contributed by atoms with Gasteiger partial charge in [-0.3, -0.25) is 9.59 Å². The lowest BCUT2D eigenvalue weighted by atomic mass is 10.1. The number of carbonyl (C=O) groups is 2. The molecule has 20 heavy (non-hydrogen) atoms. The molecular weight excluding hydrogens is 256 g/mol. The molecule has 5 nitrogen and oxygen atoms in total. The van der Waals surface area contributed by atoms with Crippen LogP contribution in [0.5, 0.6) is 5.75 Å². The molecule has 0 fully saturated rings. The highest BCUT2D eigenvalue weighted by atomic mass is 16.5. The van der Waals surface area contributed by atoms with E-state index in [4.69, 9.17) is 4.74 Å². The van der Waals surface area contributed by atoms with Gasteiger partial charge in [-0.1, -0.05) is 26.0 Å². The Morgan fingerprint density at radius 1 is 1.20 bits per heavy atom. The van der Waals surface area contributed by atoms with E-state index in [0.29, 0.717) is 19.0 Å². The lowest BCUT2D eigenvalue weighted by Crippen LogP contribution is -2.40. The van der Waals surface area contributed by atoms with E-state index in [1.807, 2.05) is 24.3 Å². The quantitative estimate of drug-likeness (QED) is 0.774. The Labute approximate surface area is 119 Å². The van der Waals surface area contributed by atoms with Gasteiger partial charge in [-0.25, -0.2) is 0 Å². The third-order valence-electron chi connectivity index (χ3n) is 2.80. The van der Waals surface area contributed by atoms with Gasteiger partial charge in [-0.2, -0.15) is 0 Å². The van der Waals surface area contributed by atoms with Crippen molar-refractivity contribution >= 4 is 11.8 Å². The maximum absolute atomic E-state index is 11.6. The van der Waals surface area contributed by atoms with Gasteiger partial charge in [-0.15, -0.1) is 0 Å². The molecule has 0 aromatic heterocycles. The number of hydrogen-bond acceptors (Lipinski definition) is 3. The molecule has 0 heterocycles. The summed E-state index contributed by atoms with van der Waals surface area (Å²) >= 11 is 0. The van der Waals surface area contributed by atoms with Crippen molar-refractivity contribution in [3.63, 3.8) is 0 Å². The van der Waals surface area contributed by atoms with Crippen LogP contribution in [0.4, 0.5) is 0 Å². The Morgan fingerprint density at radius 3 is 2.55 bits per heavy atom. The first kappa shape index (κ1) is 16.0. The van der Waals surface area contributed by atoms with Crippen molar-refractivity contribution in [1.29, 1.82) is 0 Å². The van der Waals surface area contributed by atoms with E-state index in [-0.39, 0.29) is 0 Å². The molecule has 0 unspecified atom stereocenters. The molecule has 5 heteroatoms. The van der Waals surface area contributed by atoms with Crippen molar-refractivity contribution in [2.45, 2.75) is 26.8 Å². The summed E-state index contributed by atoms with van der Waals surface area (Å²) < 4.78 is 5.09. The minimum atomic E-state index is -0.614. The Morgan fingerprint density at radius 2 is 1.90 bits per heavy atom. The minimum Gasteiger partial charge on any atom is -0.497 e. The van der Waals surface area contributed by atoms with E-state index >= 15 is 0 Å². The average Bonchev–Trinajstić information content (AvgIpc) is 2.44. The lowest BCUT2D eigenvalue weighted by Gasteiger charge is -2.08. The van der Waals surface area contributed by atoms with Crippen LogP contribution < -0.4 is 15.4 Å². The predicted octanol–water partition coefficient (Wildman–Crippen LogP) is 1.47. The van der Waals surface area contributed by atoms with Gasteiger partial charge >= 0.3 is 11.8 Å². The molecule has 1 rings (SSSR count). The zero-order valence-corrected chi connectivity index (χ0v) is 12.2. The summed E-state index contributed by atoms with van der Waals surface area (Å²) in [4.78, 5) is 23.1. The van der Waals surface area contributed by atoms with Gasteiger partial charge in [0.2, 0.25) is 0 Å². The van der Waals surface area contributed by atoms with Gasteiger partial charge < -0.3 is 15.4 Å². The number of hydrogen-bond donors (Lipinski definition) is 2. The maximum atomic E-state index is 11.6. The average molecular weight is 278 g/mol. The van der Waals surface area contributed by atoms with Gasteiger partial charge in [0.15, 0.2) is 0 Å².